The highest BCUT2D eigenvalue weighted by Gasteiger charge is 2.07. The Morgan fingerprint density at radius 2 is 2.05 bits per heavy atom. The lowest BCUT2D eigenvalue weighted by Crippen LogP contribution is -2.22. The molecule has 0 bridgehead atoms. The number of aromatic nitrogens is 2. The Labute approximate surface area is 128 Å². The molecular weight excluding hydrogens is 297 g/mol. The van der Waals surface area contributed by atoms with Crippen LogP contribution in [0.1, 0.15) is 19.5 Å². The average Bonchev–Trinajstić information content (AvgIpc) is 2.39. The van der Waals surface area contributed by atoms with E-state index in [-0.39, 0.29) is 0 Å². The van der Waals surface area contributed by atoms with Crippen LogP contribution in [0.2, 0.25) is 10.0 Å². The lowest BCUT2D eigenvalue weighted by Gasteiger charge is -2.11. The molecule has 6 heteroatoms. The maximum Gasteiger partial charge on any atom is 0.219 e. The fraction of sp³-hybridized carbons (Fsp3) is 0.286. The molecule has 20 heavy (non-hydrogen) atoms. The standard InChI is InChI=1S/C14H15Cl2N3O/c1-9(2)18-8-13-12(16)3-4-14(19-13)20-11-5-10(15)6-17-7-11/h3-7,9,18H,8H2,1-2H3. The van der Waals surface area contributed by atoms with Crippen LogP contribution in [0, 0.1) is 0 Å². The van der Waals surface area contributed by atoms with Crippen molar-refractivity contribution in [2.45, 2.75) is 26.4 Å². The number of pyridine rings is 2. The van der Waals surface area contributed by atoms with Crippen molar-refractivity contribution in [2.75, 3.05) is 0 Å². The van der Waals surface area contributed by atoms with Crippen LogP contribution in [0.3, 0.4) is 0 Å². The van der Waals surface area contributed by atoms with Crippen LogP contribution in [0.25, 0.3) is 0 Å². The van der Waals surface area contributed by atoms with Crippen LogP contribution in [-0.4, -0.2) is 16.0 Å². The van der Waals surface area contributed by atoms with Gasteiger partial charge in [-0.25, -0.2) is 4.98 Å². The molecule has 0 saturated carbocycles. The lowest BCUT2D eigenvalue weighted by atomic mass is 10.3. The number of hydrogen-bond acceptors (Lipinski definition) is 4. The molecule has 0 unspecified atom stereocenters. The molecular formula is C14H15Cl2N3O. The van der Waals surface area contributed by atoms with Gasteiger partial charge in [0.25, 0.3) is 0 Å². The normalized spacial score (nSPS) is 10.8. The summed E-state index contributed by atoms with van der Waals surface area (Å²) in [6.45, 7) is 4.71. The molecule has 0 saturated heterocycles. The maximum atomic E-state index is 6.12. The van der Waals surface area contributed by atoms with Gasteiger partial charge in [-0.1, -0.05) is 37.0 Å². The molecule has 106 valence electrons. The summed E-state index contributed by atoms with van der Waals surface area (Å²) in [5.41, 5.74) is 0.743. The van der Waals surface area contributed by atoms with E-state index < -0.39 is 0 Å². The summed E-state index contributed by atoms with van der Waals surface area (Å²) in [6.07, 6.45) is 3.12. The average molecular weight is 312 g/mol. The first-order valence-corrected chi connectivity index (χ1v) is 6.97. The van der Waals surface area contributed by atoms with Crippen molar-refractivity contribution < 1.29 is 4.74 Å². The molecule has 2 aromatic heterocycles. The fourth-order valence-corrected chi connectivity index (χ4v) is 1.85. The van der Waals surface area contributed by atoms with Gasteiger partial charge in [0.15, 0.2) is 0 Å². The van der Waals surface area contributed by atoms with Gasteiger partial charge in [-0.05, 0) is 6.07 Å². The minimum absolute atomic E-state index is 0.356. The smallest absolute Gasteiger partial charge is 0.219 e. The molecule has 0 fully saturated rings. The number of rotatable bonds is 5. The summed E-state index contributed by atoms with van der Waals surface area (Å²) in [5.74, 6) is 0.995. The minimum atomic E-state index is 0.356. The first-order chi connectivity index (χ1) is 9.54. The number of hydrogen-bond donors (Lipinski definition) is 1. The van der Waals surface area contributed by atoms with Gasteiger partial charge in [-0.3, -0.25) is 4.98 Å². The first-order valence-electron chi connectivity index (χ1n) is 6.22. The molecule has 2 heterocycles. The molecule has 0 atom stereocenters. The summed E-state index contributed by atoms with van der Waals surface area (Å²) >= 11 is 12.0. The van der Waals surface area contributed by atoms with E-state index in [0.717, 1.165) is 5.69 Å². The third kappa shape index (κ3) is 4.34. The molecule has 2 aromatic rings. The van der Waals surface area contributed by atoms with Gasteiger partial charge in [-0.15, -0.1) is 0 Å². The molecule has 1 N–H and O–H groups in total. The first kappa shape index (κ1) is 15.0. The van der Waals surface area contributed by atoms with Crippen molar-refractivity contribution in [2.24, 2.45) is 0 Å². The van der Waals surface area contributed by atoms with Crippen LogP contribution >= 0.6 is 23.2 Å². The number of ether oxygens (including phenoxy) is 1. The van der Waals surface area contributed by atoms with Gasteiger partial charge in [0.2, 0.25) is 5.88 Å². The van der Waals surface area contributed by atoms with E-state index in [1.165, 1.54) is 0 Å². The van der Waals surface area contributed by atoms with Gasteiger partial charge in [0.1, 0.15) is 5.75 Å². The van der Waals surface area contributed by atoms with Crippen LogP contribution in [0.15, 0.2) is 30.6 Å². The molecule has 2 rings (SSSR count). The van der Waals surface area contributed by atoms with E-state index in [1.807, 2.05) is 0 Å². The molecule has 0 radical (unpaired) electrons. The maximum absolute atomic E-state index is 6.12. The number of nitrogens with one attached hydrogen (secondary N) is 1. The zero-order valence-electron chi connectivity index (χ0n) is 11.2. The Morgan fingerprint density at radius 3 is 2.75 bits per heavy atom. The van der Waals surface area contributed by atoms with Crippen LogP contribution in [-0.2, 0) is 6.54 Å². The van der Waals surface area contributed by atoms with E-state index >= 15 is 0 Å². The fourth-order valence-electron chi connectivity index (χ4n) is 1.51. The molecule has 0 aromatic carbocycles. The Hall–Kier alpha value is -1.36. The van der Waals surface area contributed by atoms with Gasteiger partial charge >= 0.3 is 0 Å². The Balaban J connectivity index is 2.14. The molecule has 0 amide bonds. The SMILES string of the molecule is CC(C)NCc1nc(Oc2cncc(Cl)c2)ccc1Cl. The Morgan fingerprint density at radius 1 is 1.25 bits per heavy atom. The van der Waals surface area contributed by atoms with Gasteiger partial charge in [0, 0.05) is 30.9 Å². The molecule has 0 spiro atoms. The predicted molar refractivity (Wildman–Crippen MR) is 80.5 cm³/mol. The third-order valence-electron chi connectivity index (χ3n) is 2.47. The highest BCUT2D eigenvalue weighted by Crippen LogP contribution is 2.24. The number of halogens is 2. The van der Waals surface area contributed by atoms with E-state index in [2.05, 4.69) is 29.1 Å². The Kier molecular flexibility index (Phi) is 5.17. The topological polar surface area (TPSA) is 47.0 Å². The molecule has 0 aliphatic carbocycles. The number of nitrogens with zero attached hydrogens (tertiary/aromatic N) is 2. The van der Waals surface area contributed by atoms with Crippen LogP contribution < -0.4 is 10.1 Å². The van der Waals surface area contributed by atoms with Crippen molar-refractivity contribution in [3.8, 4) is 11.6 Å². The largest absolute Gasteiger partial charge is 0.437 e. The van der Waals surface area contributed by atoms with E-state index in [4.69, 9.17) is 27.9 Å². The summed E-state index contributed by atoms with van der Waals surface area (Å²) in [7, 11) is 0. The second kappa shape index (κ2) is 6.88. The zero-order valence-corrected chi connectivity index (χ0v) is 12.7. The van der Waals surface area contributed by atoms with Crippen molar-refractivity contribution in [1.29, 1.82) is 0 Å². The lowest BCUT2D eigenvalue weighted by molar-refractivity contribution is 0.456. The van der Waals surface area contributed by atoms with Gasteiger partial charge in [-0.2, -0.15) is 0 Å². The molecule has 0 aliphatic rings. The van der Waals surface area contributed by atoms with Crippen molar-refractivity contribution >= 4 is 23.2 Å². The second-order valence-electron chi connectivity index (χ2n) is 4.55. The second-order valence-corrected chi connectivity index (χ2v) is 5.40. The van der Waals surface area contributed by atoms with Gasteiger partial charge in [0.05, 0.1) is 21.9 Å². The minimum Gasteiger partial charge on any atom is -0.437 e. The summed E-state index contributed by atoms with van der Waals surface area (Å²) in [4.78, 5) is 8.34. The Bertz CT molecular complexity index is 590. The van der Waals surface area contributed by atoms with Crippen molar-refractivity contribution in [1.82, 2.24) is 15.3 Å². The van der Waals surface area contributed by atoms with Gasteiger partial charge < -0.3 is 10.1 Å². The summed E-state index contributed by atoms with van der Waals surface area (Å²) < 4.78 is 5.62. The van der Waals surface area contributed by atoms with Crippen LogP contribution in [0.5, 0.6) is 11.6 Å². The molecule has 0 aliphatic heterocycles. The summed E-state index contributed by atoms with van der Waals surface area (Å²) in [6, 6.07) is 5.51. The van der Waals surface area contributed by atoms with Crippen LogP contribution in [0.4, 0.5) is 0 Å². The quantitative estimate of drug-likeness (QED) is 0.904. The monoisotopic (exact) mass is 311 g/mol. The van der Waals surface area contributed by atoms with E-state index in [0.29, 0.717) is 34.3 Å². The van der Waals surface area contributed by atoms with Crippen molar-refractivity contribution in [3.63, 3.8) is 0 Å². The van der Waals surface area contributed by atoms with Crippen molar-refractivity contribution in [3.05, 3.63) is 46.3 Å². The third-order valence-corrected chi connectivity index (χ3v) is 3.02. The highest BCUT2D eigenvalue weighted by molar-refractivity contribution is 6.31. The molecule has 4 nitrogen and oxygen atoms in total. The van der Waals surface area contributed by atoms with E-state index in [1.54, 1.807) is 30.6 Å². The predicted octanol–water partition coefficient (Wildman–Crippen LogP) is 4.07. The summed E-state index contributed by atoms with van der Waals surface area (Å²) in [5, 5.41) is 4.39. The highest BCUT2D eigenvalue weighted by atomic mass is 35.5. The van der Waals surface area contributed by atoms with E-state index in [9.17, 15) is 0 Å². The zero-order chi connectivity index (χ0) is 14.5.